The van der Waals surface area contributed by atoms with Gasteiger partial charge in [0.25, 0.3) is 0 Å². The Balaban J connectivity index is 1.97. The topological polar surface area (TPSA) is 47.3 Å². The Kier molecular flexibility index (Phi) is 3.83. The van der Waals surface area contributed by atoms with Gasteiger partial charge in [-0.25, -0.2) is 0 Å². The van der Waals surface area contributed by atoms with E-state index in [2.05, 4.69) is 24.1 Å². The smallest absolute Gasteiger partial charge is 0.236 e. The third-order valence-corrected chi connectivity index (χ3v) is 3.46. The largest absolute Gasteiger partial charge is 0.370 e. The number of hydrogen-bond acceptors (Lipinski definition) is 3. The van der Waals surface area contributed by atoms with Gasteiger partial charge in [-0.1, -0.05) is 18.2 Å². The van der Waals surface area contributed by atoms with Crippen LogP contribution >= 0.6 is 0 Å². The number of carbonyl (C=O) groups excluding carboxylic acids is 1. The third kappa shape index (κ3) is 2.62. The van der Waals surface area contributed by atoms with E-state index in [0.29, 0.717) is 12.6 Å². The zero-order valence-corrected chi connectivity index (χ0v) is 10.5. The summed E-state index contributed by atoms with van der Waals surface area (Å²) in [6, 6.07) is 12.4. The van der Waals surface area contributed by atoms with Crippen molar-refractivity contribution < 1.29 is 4.79 Å². The molecule has 1 heterocycles. The number of para-hydroxylation sites is 1. The van der Waals surface area contributed by atoms with Crippen LogP contribution in [0.5, 0.6) is 0 Å². The molecule has 0 aromatic heterocycles. The minimum Gasteiger partial charge on any atom is -0.370 e. The van der Waals surface area contributed by atoms with Gasteiger partial charge in [-0.05, 0) is 18.6 Å². The van der Waals surface area contributed by atoms with Crippen LogP contribution in [0.3, 0.4) is 0 Å². The second-order valence-electron chi connectivity index (χ2n) is 4.56. The summed E-state index contributed by atoms with van der Waals surface area (Å²) in [7, 11) is 2.05. The Labute approximate surface area is 107 Å². The number of benzene rings is 1. The van der Waals surface area contributed by atoms with Crippen molar-refractivity contribution in [3.05, 3.63) is 30.3 Å². The van der Waals surface area contributed by atoms with E-state index in [-0.39, 0.29) is 12.3 Å². The average Bonchev–Trinajstić information content (AvgIpc) is 2.89. The molecule has 94 valence electrons. The third-order valence-electron chi connectivity index (χ3n) is 3.46. The molecule has 0 saturated carbocycles. The van der Waals surface area contributed by atoms with Crippen molar-refractivity contribution in [3.63, 3.8) is 0 Å². The van der Waals surface area contributed by atoms with E-state index in [0.717, 1.165) is 18.7 Å². The van der Waals surface area contributed by atoms with Gasteiger partial charge in [-0.15, -0.1) is 0 Å². The van der Waals surface area contributed by atoms with E-state index in [4.69, 9.17) is 5.26 Å². The molecule has 4 heteroatoms. The summed E-state index contributed by atoms with van der Waals surface area (Å²) in [5.41, 5.74) is 1.16. The highest BCUT2D eigenvalue weighted by molar-refractivity contribution is 5.78. The van der Waals surface area contributed by atoms with Crippen LogP contribution in [0.2, 0.25) is 0 Å². The number of amides is 1. The van der Waals surface area contributed by atoms with E-state index >= 15 is 0 Å². The molecule has 1 saturated heterocycles. The Hall–Kier alpha value is -2.02. The number of nitrogens with zero attached hydrogens (tertiary/aromatic N) is 3. The van der Waals surface area contributed by atoms with Gasteiger partial charge in [0.2, 0.25) is 5.91 Å². The standard InChI is InChI=1S/C14H17N3O/c1-16(12-5-3-2-4-6-12)13-8-10-17(11-13)14(18)7-9-15/h2-6,13H,7-8,10-11H2,1H3. The molecule has 0 bridgehead atoms. The van der Waals surface area contributed by atoms with Crippen LogP contribution in [0.15, 0.2) is 30.3 Å². The predicted molar refractivity (Wildman–Crippen MR) is 70.1 cm³/mol. The van der Waals surface area contributed by atoms with E-state index in [1.807, 2.05) is 24.3 Å². The lowest BCUT2D eigenvalue weighted by atomic mass is 10.2. The monoisotopic (exact) mass is 243 g/mol. The zero-order valence-electron chi connectivity index (χ0n) is 10.5. The molecule has 1 aromatic carbocycles. The SMILES string of the molecule is CN(c1ccccc1)C1CCN(C(=O)CC#N)C1. The second-order valence-corrected chi connectivity index (χ2v) is 4.56. The number of hydrogen-bond donors (Lipinski definition) is 0. The van der Waals surface area contributed by atoms with Crippen molar-refractivity contribution in [1.82, 2.24) is 4.90 Å². The molecule has 0 radical (unpaired) electrons. The van der Waals surface area contributed by atoms with Gasteiger partial charge in [0, 0.05) is 31.9 Å². The van der Waals surface area contributed by atoms with Crippen LogP contribution in [-0.4, -0.2) is 37.0 Å². The van der Waals surface area contributed by atoms with Crippen LogP contribution in [-0.2, 0) is 4.79 Å². The molecule has 1 aromatic rings. The molecule has 1 aliphatic rings. The molecule has 1 amide bonds. The normalized spacial score (nSPS) is 18.4. The van der Waals surface area contributed by atoms with Crippen LogP contribution < -0.4 is 4.90 Å². The Morgan fingerprint density at radius 2 is 2.22 bits per heavy atom. The lowest BCUT2D eigenvalue weighted by Crippen LogP contribution is -2.36. The maximum atomic E-state index is 11.6. The van der Waals surface area contributed by atoms with E-state index in [1.54, 1.807) is 4.90 Å². The van der Waals surface area contributed by atoms with Crippen LogP contribution in [0.25, 0.3) is 0 Å². The minimum atomic E-state index is -0.0542. The molecule has 1 unspecified atom stereocenters. The van der Waals surface area contributed by atoms with Gasteiger partial charge in [0.1, 0.15) is 6.42 Å². The summed E-state index contributed by atoms with van der Waals surface area (Å²) in [5, 5.41) is 8.54. The number of nitriles is 1. The van der Waals surface area contributed by atoms with Gasteiger partial charge in [0.15, 0.2) is 0 Å². The van der Waals surface area contributed by atoms with Crippen molar-refractivity contribution in [2.75, 3.05) is 25.0 Å². The second kappa shape index (κ2) is 5.54. The molecular formula is C14H17N3O. The van der Waals surface area contributed by atoms with Crippen molar-refractivity contribution >= 4 is 11.6 Å². The molecular weight excluding hydrogens is 226 g/mol. The maximum Gasteiger partial charge on any atom is 0.236 e. The molecule has 0 N–H and O–H groups in total. The molecule has 4 nitrogen and oxygen atoms in total. The van der Waals surface area contributed by atoms with Gasteiger partial charge >= 0.3 is 0 Å². The molecule has 1 aliphatic heterocycles. The Morgan fingerprint density at radius 3 is 2.89 bits per heavy atom. The van der Waals surface area contributed by atoms with Gasteiger partial charge in [-0.2, -0.15) is 5.26 Å². The fourth-order valence-electron chi connectivity index (χ4n) is 2.34. The van der Waals surface area contributed by atoms with E-state index in [9.17, 15) is 4.79 Å². The first-order chi connectivity index (χ1) is 8.72. The molecule has 1 atom stereocenters. The summed E-state index contributed by atoms with van der Waals surface area (Å²) in [6.45, 7) is 1.47. The summed E-state index contributed by atoms with van der Waals surface area (Å²) in [5.74, 6) is -0.0542. The molecule has 2 rings (SSSR count). The van der Waals surface area contributed by atoms with E-state index in [1.165, 1.54) is 0 Å². The minimum absolute atomic E-state index is 0.0121. The summed E-state index contributed by atoms with van der Waals surface area (Å²) >= 11 is 0. The van der Waals surface area contributed by atoms with Crippen molar-refractivity contribution in [2.24, 2.45) is 0 Å². The first-order valence-corrected chi connectivity index (χ1v) is 6.15. The van der Waals surface area contributed by atoms with Gasteiger partial charge in [-0.3, -0.25) is 4.79 Å². The number of rotatable bonds is 3. The maximum absolute atomic E-state index is 11.6. The fraction of sp³-hybridized carbons (Fsp3) is 0.429. The van der Waals surface area contributed by atoms with Crippen LogP contribution in [0, 0.1) is 11.3 Å². The summed E-state index contributed by atoms with van der Waals surface area (Å²) in [6.07, 6.45) is 0.949. The average molecular weight is 243 g/mol. The fourth-order valence-corrected chi connectivity index (χ4v) is 2.34. The van der Waals surface area contributed by atoms with Crippen molar-refractivity contribution in [2.45, 2.75) is 18.9 Å². The predicted octanol–water partition coefficient (Wildman–Crippen LogP) is 1.64. The first kappa shape index (κ1) is 12.4. The number of likely N-dealkylation sites (N-methyl/N-ethyl adjacent to an activating group) is 1. The van der Waals surface area contributed by atoms with Crippen molar-refractivity contribution in [1.29, 1.82) is 5.26 Å². The highest BCUT2D eigenvalue weighted by Gasteiger charge is 2.28. The lowest BCUT2D eigenvalue weighted by Gasteiger charge is -2.26. The number of anilines is 1. The highest BCUT2D eigenvalue weighted by atomic mass is 16.2. The Bertz CT molecular complexity index is 452. The van der Waals surface area contributed by atoms with E-state index < -0.39 is 0 Å². The van der Waals surface area contributed by atoms with Crippen LogP contribution in [0.4, 0.5) is 5.69 Å². The summed E-state index contributed by atoms with van der Waals surface area (Å²) in [4.78, 5) is 15.6. The molecule has 18 heavy (non-hydrogen) atoms. The summed E-state index contributed by atoms with van der Waals surface area (Å²) < 4.78 is 0. The molecule has 1 fully saturated rings. The molecule has 0 spiro atoms. The number of carbonyl (C=O) groups is 1. The van der Waals surface area contributed by atoms with Gasteiger partial charge < -0.3 is 9.80 Å². The number of likely N-dealkylation sites (tertiary alicyclic amines) is 1. The zero-order chi connectivity index (χ0) is 13.0. The van der Waals surface area contributed by atoms with Crippen molar-refractivity contribution in [3.8, 4) is 6.07 Å². The quantitative estimate of drug-likeness (QED) is 0.810. The Morgan fingerprint density at radius 1 is 1.50 bits per heavy atom. The molecule has 0 aliphatic carbocycles. The van der Waals surface area contributed by atoms with Crippen LogP contribution in [0.1, 0.15) is 12.8 Å². The first-order valence-electron chi connectivity index (χ1n) is 6.15. The highest BCUT2D eigenvalue weighted by Crippen LogP contribution is 2.21. The van der Waals surface area contributed by atoms with Gasteiger partial charge in [0.05, 0.1) is 6.07 Å². The lowest BCUT2D eigenvalue weighted by molar-refractivity contribution is -0.129.